The first-order valence-corrected chi connectivity index (χ1v) is 10.2. The Hall–Kier alpha value is -1.58. The molecule has 4 atom stereocenters. The molecule has 5 rings (SSSR count). The van der Waals surface area contributed by atoms with Crippen LogP contribution < -0.4 is 11.1 Å². The Kier molecular flexibility index (Phi) is 5.17. The number of hydrogen-bond acceptors (Lipinski definition) is 2. The van der Waals surface area contributed by atoms with Crippen LogP contribution in [0.2, 0.25) is 0 Å². The Bertz CT molecular complexity index is 819. The van der Waals surface area contributed by atoms with Crippen LogP contribution in [0.4, 0.5) is 0 Å². The first-order valence-electron chi connectivity index (χ1n) is 10.2. The lowest BCUT2D eigenvalue weighted by molar-refractivity contribution is -0.124. The molecule has 4 heteroatoms. The Morgan fingerprint density at radius 1 is 0.963 bits per heavy atom. The fourth-order valence-corrected chi connectivity index (χ4v) is 5.70. The first-order chi connectivity index (χ1) is 12.7. The molecule has 3 N–H and O–H groups in total. The summed E-state index contributed by atoms with van der Waals surface area (Å²) in [5.41, 5.74) is 7.57. The molecule has 0 saturated heterocycles. The molecule has 0 radical (unpaired) electrons. The number of carbonyl (C=O) groups is 1. The van der Waals surface area contributed by atoms with Gasteiger partial charge in [-0.05, 0) is 66.2 Å². The molecule has 0 aliphatic heterocycles. The van der Waals surface area contributed by atoms with Gasteiger partial charge in [0.2, 0.25) is 5.91 Å². The van der Waals surface area contributed by atoms with Gasteiger partial charge in [-0.2, -0.15) is 0 Å². The van der Waals surface area contributed by atoms with E-state index in [1.54, 1.807) is 0 Å². The monoisotopic (exact) mass is 384 g/mol. The van der Waals surface area contributed by atoms with Crippen molar-refractivity contribution in [3.63, 3.8) is 0 Å². The van der Waals surface area contributed by atoms with Crippen molar-refractivity contribution in [2.75, 3.05) is 0 Å². The van der Waals surface area contributed by atoms with Crippen molar-refractivity contribution in [3.8, 4) is 0 Å². The molecule has 0 aromatic heterocycles. The molecule has 0 heterocycles. The van der Waals surface area contributed by atoms with Gasteiger partial charge in [0.15, 0.2) is 0 Å². The van der Waals surface area contributed by atoms with Gasteiger partial charge < -0.3 is 11.1 Å². The number of amides is 1. The van der Waals surface area contributed by atoms with Gasteiger partial charge in [-0.3, -0.25) is 4.79 Å². The van der Waals surface area contributed by atoms with E-state index in [1.807, 2.05) is 0 Å². The number of rotatable bonds is 3. The second-order valence-electron chi connectivity index (χ2n) is 8.73. The van der Waals surface area contributed by atoms with E-state index >= 15 is 0 Å². The molecule has 3 aliphatic rings. The van der Waals surface area contributed by atoms with Crippen LogP contribution in [-0.2, 0) is 4.79 Å². The number of fused-ring (bicyclic) bond motifs is 3. The molecule has 3 saturated carbocycles. The molecule has 1 amide bonds. The lowest BCUT2D eigenvalue weighted by atomic mass is 9.67. The van der Waals surface area contributed by atoms with Crippen molar-refractivity contribution in [1.82, 2.24) is 5.32 Å². The van der Waals surface area contributed by atoms with Crippen LogP contribution in [0.3, 0.4) is 0 Å². The third-order valence-corrected chi connectivity index (χ3v) is 7.04. The molecule has 2 aromatic carbocycles. The van der Waals surface area contributed by atoms with E-state index < -0.39 is 0 Å². The Morgan fingerprint density at radius 3 is 2.44 bits per heavy atom. The van der Waals surface area contributed by atoms with E-state index in [0.717, 1.165) is 19.3 Å². The summed E-state index contributed by atoms with van der Waals surface area (Å²) in [7, 11) is 0. The maximum Gasteiger partial charge on any atom is 0.223 e. The summed E-state index contributed by atoms with van der Waals surface area (Å²) in [4.78, 5) is 13.0. The summed E-state index contributed by atoms with van der Waals surface area (Å²) in [5.74, 6) is 2.00. The van der Waals surface area contributed by atoms with Gasteiger partial charge in [0, 0.05) is 18.0 Å². The van der Waals surface area contributed by atoms with E-state index in [4.69, 9.17) is 5.73 Å². The van der Waals surface area contributed by atoms with Crippen LogP contribution >= 0.6 is 12.4 Å². The highest BCUT2D eigenvalue weighted by Gasteiger charge is 2.47. The van der Waals surface area contributed by atoms with E-state index in [9.17, 15) is 4.79 Å². The van der Waals surface area contributed by atoms with E-state index in [2.05, 4.69) is 47.8 Å². The smallest absolute Gasteiger partial charge is 0.223 e. The van der Waals surface area contributed by atoms with Crippen molar-refractivity contribution >= 4 is 29.1 Å². The average molecular weight is 385 g/mol. The highest BCUT2D eigenvalue weighted by molar-refractivity contribution is 5.89. The minimum atomic E-state index is 0. The minimum Gasteiger partial charge on any atom is -0.353 e. The van der Waals surface area contributed by atoms with Crippen molar-refractivity contribution in [2.45, 2.75) is 56.5 Å². The van der Waals surface area contributed by atoms with Gasteiger partial charge in [0.25, 0.3) is 0 Å². The van der Waals surface area contributed by atoms with E-state index in [1.165, 1.54) is 35.6 Å². The zero-order valence-corrected chi connectivity index (χ0v) is 16.5. The lowest BCUT2D eigenvalue weighted by Gasteiger charge is -2.45. The standard InChI is InChI=1S/C23H28N2O.ClH/c24-17-11-15-7-3-8-16(12-17)22(15)25-23(26)21-13-20(21)19-10-4-6-14-5-1-2-9-18(14)19;/h1-2,4-6,9-10,15-17,20-22H,3,7-8,11-13,24H2,(H,25,26);1H. The second-order valence-corrected chi connectivity index (χ2v) is 8.73. The molecule has 0 spiro atoms. The molecule has 3 nitrogen and oxygen atoms in total. The summed E-state index contributed by atoms with van der Waals surface area (Å²) < 4.78 is 0. The van der Waals surface area contributed by atoms with E-state index in [0.29, 0.717) is 29.8 Å². The van der Waals surface area contributed by atoms with Crippen molar-refractivity contribution in [1.29, 1.82) is 0 Å². The summed E-state index contributed by atoms with van der Waals surface area (Å²) in [6.45, 7) is 0. The fraction of sp³-hybridized carbons (Fsp3) is 0.522. The molecular formula is C23H29ClN2O. The summed E-state index contributed by atoms with van der Waals surface area (Å²) in [6.07, 6.45) is 6.91. The lowest BCUT2D eigenvalue weighted by Crippen LogP contribution is -2.54. The second kappa shape index (κ2) is 7.44. The van der Waals surface area contributed by atoms with Gasteiger partial charge >= 0.3 is 0 Å². The highest BCUT2D eigenvalue weighted by Crippen LogP contribution is 2.50. The normalized spacial score (nSPS) is 34.6. The average Bonchev–Trinajstić information content (AvgIpc) is 3.43. The van der Waals surface area contributed by atoms with Crippen LogP contribution in [0, 0.1) is 17.8 Å². The van der Waals surface area contributed by atoms with Crippen LogP contribution in [0.15, 0.2) is 42.5 Å². The predicted molar refractivity (Wildman–Crippen MR) is 112 cm³/mol. The third kappa shape index (κ3) is 3.48. The Balaban J connectivity index is 0.00000180. The van der Waals surface area contributed by atoms with Crippen molar-refractivity contribution in [2.24, 2.45) is 23.5 Å². The largest absolute Gasteiger partial charge is 0.353 e. The van der Waals surface area contributed by atoms with E-state index in [-0.39, 0.29) is 24.2 Å². The SMILES string of the molecule is Cl.NC1CC2CCCC(C1)C2NC(=O)C1CC1c1cccc2ccccc12. The zero-order valence-electron chi connectivity index (χ0n) is 15.6. The molecular weight excluding hydrogens is 356 g/mol. The number of nitrogens with two attached hydrogens (primary N) is 1. The number of benzene rings is 2. The summed E-state index contributed by atoms with van der Waals surface area (Å²) in [6, 6.07) is 15.7. The molecule has 3 fully saturated rings. The fourth-order valence-electron chi connectivity index (χ4n) is 5.70. The van der Waals surface area contributed by atoms with Gasteiger partial charge in [0.1, 0.15) is 0 Å². The molecule has 2 aromatic rings. The van der Waals surface area contributed by atoms with Gasteiger partial charge in [-0.1, -0.05) is 48.9 Å². The summed E-state index contributed by atoms with van der Waals surface area (Å²) in [5, 5.41) is 6.03. The molecule has 27 heavy (non-hydrogen) atoms. The predicted octanol–water partition coefficient (Wildman–Crippen LogP) is 4.39. The number of carbonyl (C=O) groups excluding carboxylic acids is 1. The maximum absolute atomic E-state index is 13.0. The third-order valence-electron chi connectivity index (χ3n) is 7.04. The quantitative estimate of drug-likeness (QED) is 0.824. The molecule has 4 unspecified atom stereocenters. The Morgan fingerprint density at radius 2 is 1.67 bits per heavy atom. The maximum atomic E-state index is 13.0. The molecule has 3 aliphatic carbocycles. The van der Waals surface area contributed by atoms with Gasteiger partial charge in [-0.15, -0.1) is 12.4 Å². The highest BCUT2D eigenvalue weighted by atomic mass is 35.5. The van der Waals surface area contributed by atoms with Crippen molar-refractivity contribution < 1.29 is 4.79 Å². The van der Waals surface area contributed by atoms with Gasteiger partial charge in [-0.25, -0.2) is 0 Å². The molecule has 2 bridgehead atoms. The topological polar surface area (TPSA) is 55.1 Å². The van der Waals surface area contributed by atoms with Crippen molar-refractivity contribution in [3.05, 3.63) is 48.0 Å². The minimum absolute atomic E-state index is 0. The van der Waals surface area contributed by atoms with Crippen LogP contribution in [-0.4, -0.2) is 18.0 Å². The van der Waals surface area contributed by atoms with Crippen LogP contribution in [0.5, 0.6) is 0 Å². The van der Waals surface area contributed by atoms with Crippen LogP contribution in [0.1, 0.15) is 50.0 Å². The first kappa shape index (κ1) is 18.8. The van der Waals surface area contributed by atoms with Crippen LogP contribution in [0.25, 0.3) is 10.8 Å². The number of halogens is 1. The summed E-state index contributed by atoms with van der Waals surface area (Å²) >= 11 is 0. The number of hydrogen-bond donors (Lipinski definition) is 2. The van der Waals surface area contributed by atoms with Gasteiger partial charge in [0.05, 0.1) is 0 Å². The molecule has 144 valence electrons. The number of nitrogens with one attached hydrogen (secondary N) is 1. The zero-order chi connectivity index (χ0) is 17.7. The Labute approximate surface area is 167 Å².